The highest BCUT2D eigenvalue weighted by Crippen LogP contribution is 2.21. The van der Waals surface area contributed by atoms with Gasteiger partial charge in [-0.25, -0.2) is 12.8 Å². The van der Waals surface area contributed by atoms with E-state index in [0.717, 1.165) is 19.1 Å². The third-order valence-electron chi connectivity index (χ3n) is 2.25. The standard InChI is InChI=1S/C10H10ClFO4S/c1-6(10(13)14)17(15,16)5-7-4-8(12)2-3-9(7)11/h2-4,6H,5H2,1H3,(H,13,14). The quantitative estimate of drug-likeness (QED) is 0.914. The summed E-state index contributed by atoms with van der Waals surface area (Å²) in [6.45, 7) is 1.06. The average Bonchev–Trinajstić information content (AvgIpc) is 2.21. The van der Waals surface area contributed by atoms with Gasteiger partial charge in [-0.15, -0.1) is 0 Å². The molecular weight excluding hydrogens is 271 g/mol. The zero-order valence-corrected chi connectivity index (χ0v) is 10.4. The summed E-state index contributed by atoms with van der Waals surface area (Å²) in [4.78, 5) is 10.6. The number of carboxylic acids is 1. The Morgan fingerprint density at radius 2 is 2.12 bits per heavy atom. The van der Waals surface area contributed by atoms with Crippen molar-refractivity contribution in [3.8, 4) is 0 Å². The first-order valence-electron chi connectivity index (χ1n) is 4.62. The molecule has 0 aliphatic rings. The number of carboxylic acid groups (broad SMARTS) is 1. The molecule has 0 fully saturated rings. The molecule has 1 atom stereocenters. The van der Waals surface area contributed by atoms with Crippen molar-refractivity contribution in [3.05, 3.63) is 34.6 Å². The van der Waals surface area contributed by atoms with Crippen molar-refractivity contribution in [2.24, 2.45) is 0 Å². The van der Waals surface area contributed by atoms with E-state index < -0.39 is 32.6 Å². The second-order valence-corrected chi connectivity index (χ2v) is 6.25. The highest BCUT2D eigenvalue weighted by atomic mass is 35.5. The summed E-state index contributed by atoms with van der Waals surface area (Å²) in [6, 6.07) is 3.31. The topological polar surface area (TPSA) is 71.4 Å². The summed E-state index contributed by atoms with van der Waals surface area (Å²) in [5.41, 5.74) is 0.0553. The SMILES string of the molecule is CC(C(=O)O)S(=O)(=O)Cc1cc(F)ccc1Cl. The van der Waals surface area contributed by atoms with Crippen molar-refractivity contribution in [1.29, 1.82) is 0 Å². The van der Waals surface area contributed by atoms with Crippen LogP contribution in [0.2, 0.25) is 5.02 Å². The summed E-state index contributed by atoms with van der Waals surface area (Å²) < 4.78 is 36.2. The molecule has 17 heavy (non-hydrogen) atoms. The Morgan fingerprint density at radius 3 is 2.65 bits per heavy atom. The normalized spacial score (nSPS) is 13.4. The molecule has 0 aliphatic heterocycles. The Hall–Kier alpha value is -1.14. The Balaban J connectivity index is 3.06. The van der Waals surface area contributed by atoms with Crippen LogP contribution in [0, 0.1) is 5.82 Å². The lowest BCUT2D eigenvalue weighted by Gasteiger charge is -2.09. The van der Waals surface area contributed by atoms with Crippen LogP contribution in [0.5, 0.6) is 0 Å². The highest BCUT2D eigenvalue weighted by molar-refractivity contribution is 7.92. The Bertz CT molecular complexity index is 541. The second-order valence-electron chi connectivity index (χ2n) is 3.52. The maximum Gasteiger partial charge on any atom is 0.321 e. The molecule has 1 N–H and O–H groups in total. The molecule has 0 spiro atoms. The molecule has 1 aromatic carbocycles. The number of sulfone groups is 1. The third-order valence-corrected chi connectivity index (χ3v) is 4.61. The molecule has 7 heteroatoms. The first-order chi connectivity index (χ1) is 7.74. The number of aliphatic carboxylic acids is 1. The third kappa shape index (κ3) is 3.41. The van der Waals surface area contributed by atoms with E-state index in [2.05, 4.69) is 0 Å². The van der Waals surface area contributed by atoms with Gasteiger partial charge in [-0.1, -0.05) is 11.6 Å². The molecule has 1 unspecified atom stereocenters. The van der Waals surface area contributed by atoms with Gasteiger partial charge in [0, 0.05) is 5.02 Å². The van der Waals surface area contributed by atoms with Crippen molar-refractivity contribution in [2.75, 3.05) is 0 Å². The number of rotatable bonds is 4. The van der Waals surface area contributed by atoms with E-state index in [1.54, 1.807) is 0 Å². The molecule has 0 saturated heterocycles. The van der Waals surface area contributed by atoms with E-state index in [1.807, 2.05) is 0 Å². The maximum absolute atomic E-state index is 12.9. The van der Waals surface area contributed by atoms with Gasteiger partial charge >= 0.3 is 5.97 Å². The fourth-order valence-corrected chi connectivity index (χ4v) is 2.64. The predicted molar refractivity (Wildman–Crippen MR) is 61.1 cm³/mol. The van der Waals surface area contributed by atoms with E-state index in [9.17, 15) is 17.6 Å². The van der Waals surface area contributed by atoms with Crippen LogP contribution >= 0.6 is 11.6 Å². The molecule has 0 saturated carbocycles. The lowest BCUT2D eigenvalue weighted by molar-refractivity contribution is -0.136. The molecule has 0 heterocycles. The Labute approximate surface area is 103 Å². The van der Waals surface area contributed by atoms with Crippen molar-refractivity contribution < 1.29 is 22.7 Å². The van der Waals surface area contributed by atoms with Crippen molar-refractivity contribution in [1.82, 2.24) is 0 Å². The van der Waals surface area contributed by atoms with Crippen LogP contribution in [-0.2, 0) is 20.4 Å². The molecule has 0 amide bonds. The van der Waals surface area contributed by atoms with Crippen LogP contribution in [0.1, 0.15) is 12.5 Å². The summed E-state index contributed by atoms with van der Waals surface area (Å²) >= 11 is 5.71. The average molecular weight is 281 g/mol. The zero-order valence-electron chi connectivity index (χ0n) is 8.85. The zero-order chi connectivity index (χ0) is 13.2. The maximum atomic E-state index is 12.9. The molecule has 0 aliphatic carbocycles. The monoisotopic (exact) mass is 280 g/mol. The van der Waals surface area contributed by atoms with E-state index in [1.165, 1.54) is 6.07 Å². The molecule has 0 bridgehead atoms. The van der Waals surface area contributed by atoms with Crippen LogP contribution in [0.25, 0.3) is 0 Å². The largest absolute Gasteiger partial charge is 0.480 e. The summed E-state index contributed by atoms with van der Waals surface area (Å²) in [7, 11) is -3.90. The van der Waals surface area contributed by atoms with E-state index >= 15 is 0 Å². The van der Waals surface area contributed by atoms with Gasteiger partial charge in [0.05, 0.1) is 5.75 Å². The number of benzene rings is 1. The summed E-state index contributed by atoms with van der Waals surface area (Å²) in [6.07, 6.45) is 0. The molecule has 0 radical (unpaired) electrons. The molecule has 0 aromatic heterocycles. The Morgan fingerprint density at radius 1 is 1.53 bits per heavy atom. The van der Waals surface area contributed by atoms with Crippen LogP contribution in [0.15, 0.2) is 18.2 Å². The second kappa shape index (κ2) is 5.01. The number of hydrogen-bond donors (Lipinski definition) is 1. The molecule has 1 rings (SSSR count). The molecule has 1 aromatic rings. The van der Waals surface area contributed by atoms with Gasteiger partial charge in [-0.05, 0) is 30.7 Å². The Kier molecular flexibility index (Phi) is 4.11. The van der Waals surface area contributed by atoms with Gasteiger partial charge < -0.3 is 5.11 Å². The van der Waals surface area contributed by atoms with E-state index in [0.29, 0.717) is 0 Å². The van der Waals surface area contributed by atoms with Gasteiger partial charge in [-0.3, -0.25) is 4.79 Å². The lowest BCUT2D eigenvalue weighted by Crippen LogP contribution is -2.28. The molecule has 4 nitrogen and oxygen atoms in total. The van der Waals surface area contributed by atoms with Gasteiger partial charge in [0.2, 0.25) is 0 Å². The van der Waals surface area contributed by atoms with E-state index in [4.69, 9.17) is 16.7 Å². The first kappa shape index (κ1) is 13.9. The van der Waals surface area contributed by atoms with Crippen LogP contribution in [0.3, 0.4) is 0 Å². The van der Waals surface area contributed by atoms with Gasteiger partial charge in [0.1, 0.15) is 5.82 Å². The van der Waals surface area contributed by atoms with Crippen molar-refractivity contribution in [3.63, 3.8) is 0 Å². The minimum Gasteiger partial charge on any atom is -0.480 e. The van der Waals surface area contributed by atoms with Crippen LogP contribution in [0.4, 0.5) is 4.39 Å². The van der Waals surface area contributed by atoms with Crippen LogP contribution in [-0.4, -0.2) is 24.7 Å². The summed E-state index contributed by atoms with van der Waals surface area (Å²) in [5, 5.41) is 7.17. The van der Waals surface area contributed by atoms with Gasteiger partial charge in [-0.2, -0.15) is 0 Å². The van der Waals surface area contributed by atoms with Crippen molar-refractivity contribution >= 4 is 27.4 Å². The van der Waals surface area contributed by atoms with Crippen LogP contribution < -0.4 is 0 Å². The molecular formula is C10H10ClFO4S. The smallest absolute Gasteiger partial charge is 0.321 e. The number of hydrogen-bond acceptors (Lipinski definition) is 3. The molecule has 94 valence electrons. The van der Waals surface area contributed by atoms with Crippen molar-refractivity contribution in [2.45, 2.75) is 17.9 Å². The predicted octanol–water partition coefficient (Wildman–Crippen LogP) is 1.87. The summed E-state index contributed by atoms with van der Waals surface area (Å²) in [5.74, 6) is -2.67. The number of halogens is 2. The number of carbonyl (C=O) groups is 1. The fraction of sp³-hybridized carbons (Fsp3) is 0.300. The minimum absolute atomic E-state index is 0.0553. The minimum atomic E-state index is -3.90. The fourth-order valence-electron chi connectivity index (χ4n) is 1.15. The highest BCUT2D eigenvalue weighted by Gasteiger charge is 2.28. The van der Waals surface area contributed by atoms with Gasteiger partial charge in [0.15, 0.2) is 15.1 Å². The van der Waals surface area contributed by atoms with E-state index in [-0.39, 0.29) is 10.6 Å². The first-order valence-corrected chi connectivity index (χ1v) is 6.71. The van der Waals surface area contributed by atoms with Gasteiger partial charge in [0.25, 0.3) is 0 Å². The lowest BCUT2D eigenvalue weighted by atomic mass is 10.2.